The molecule has 2 aromatic carbocycles. The Morgan fingerprint density at radius 2 is 1.85 bits per heavy atom. The fourth-order valence-corrected chi connectivity index (χ4v) is 1.98. The van der Waals surface area contributed by atoms with E-state index in [2.05, 4.69) is 5.32 Å². The Bertz CT molecular complexity index is 617. The topological polar surface area (TPSA) is 55.2 Å². The Balaban J connectivity index is 1.91. The molecule has 0 unspecified atom stereocenters. The maximum atomic E-state index is 12.9. The van der Waals surface area contributed by atoms with Gasteiger partial charge in [0.05, 0.1) is 4.92 Å². The first kappa shape index (κ1) is 14.4. The van der Waals surface area contributed by atoms with Gasteiger partial charge in [-0.15, -0.1) is 0 Å². The van der Waals surface area contributed by atoms with Crippen LogP contribution in [0.1, 0.15) is 11.1 Å². The molecule has 104 valence electrons. The summed E-state index contributed by atoms with van der Waals surface area (Å²) < 4.78 is 12.9. The fourth-order valence-electron chi connectivity index (χ4n) is 1.74. The molecule has 0 aliphatic heterocycles. The van der Waals surface area contributed by atoms with E-state index in [1.54, 1.807) is 18.2 Å². The van der Waals surface area contributed by atoms with Crippen LogP contribution in [-0.2, 0) is 13.1 Å². The molecule has 4 nitrogen and oxygen atoms in total. The SMILES string of the molecule is O=[N+]([O-])c1ccc(CNCc2ccc(F)cc2Cl)cc1. The van der Waals surface area contributed by atoms with Crippen LogP contribution in [-0.4, -0.2) is 4.92 Å². The first-order valence-electron chi connectivity index (χ1n) is 5.94. The Hall–Kier alpha value is -1.98. The average Bonchev–Trinajstić information content (AvgIpc) is 2.42. The molecule has 0 amide bonds. The molecular formula is C14H12ClFN2O2. The van der Waals surface area contributed by atoms with Gasteiger partial charge in [0, 0.05) is 30.2 Å². The number of rotatable bonds is 5. The number of non-ortho nitro benzene ring substituents is 1. The standard InChI is InChI=1S/C14H12ClFN2O2/c15-14-7-12(16)4-3-11(14)9-17-8-10-1-5-13(6-2-10)18(19)20/h1-7,17H,8-9H2. The second kappa shape index (κ2) is 6.45. The van der Waals surface area contributed by atoms with Crippen molar-refractivity contribution in [2.75, 3.05) is 0 Å². The third kappa shape index (κ3) is 3.76. The lowest BCUT2D eigenvalue weighted by molar-refractivity contribution is -0.384. The lowest BCUT2D eigenvalue weighted by atomic mass is 10.2. The molecule has 0 aliphatic carbocycles. The molecule has 6 heteroatoms. The zero-order valence-corrected chi connectivity index (χ0v) is 11.2. The van der Waals surface area contributed by atoms with Crippen molar-refractivity contribution >= 4 is 17.3 Å². The van der Waals surface area contributed by atoms with Crippen molar-refractivity contribution in [3.63, 3.8) is 0 Å². The van der Waals surface area contributed by atoms with Gasteiger partial charge in [-0.2, -0.15) is 0 Å². The summed E-state index contributed by atoms with van der Waals surface area (Å²) >= 11 is 5.91. The van der Waals surface area contributed by atoms with Gasteiger partial charge in [0.2, 0.25) is 0 Å². The number of hydrogen-bond donors (Lipinski definition) is 1. The highest BCUT2D eigenvalue weighted by atomic mass is 35.5. The van der Waals surface area contributed by atoms with Gasteiger partial charge < -0.3 is 5.32 Å². The maximum Gasteiger partial charge on any atom is 0.269 e. The summed E-state index contributed by atoms with van der Waals surface area (Å²) in [5.74, 6) is -0.367. The molecule has 0 spiro atoms. The van der Waals surface area contributed by atoms with Crippen LogP contribution in [0.15, 0.2) is 42.5 Å². The average molecular weight is 295 g/mol. The van der Waals surface area contributed by atoms with Gasteiger partial charge in [-0.3, -0.25) is 10.1 Å². The van der Waals surface area contributed by atoms with E-state index in [4.69, 9.17) is 11.6 Å². The summed E-state index contributed by atoms with van der Waals surface area (Å²) in [5, 5.41) is 14.0. The number of hydrogen-bond acceptors (Lipinski definition) is 3. The normalized spacial score (nSPS) is 10.5. The molecule has 0 aliphatic rings. The molecule has 0 saturated heterocycles. The monoisotopic (exact) mass is 294 g/mol. The van der Waals surface area contributed by atoms with Crippen LogP contribution in [0.2, 0.25) is 5.02 Å². The van der Waals surface area contributed by atoms with Crippen LogP contribution >= 0.6 is 11.6 Å². The Labute approximate surface area is 120 Å². The number of benzene rings is 2. The molecule has 0 atom stereocenters. The molecule has 2 rings (SSSR count). The van der Waals surface area contributed by atoms with Crippen molar-refractivity contribution in [1.82, 2.24) is 5.32 Å². The van der Waals surface area contributed by atoms with Gasteiger partial charge in [-0.05, 0) is 23.3 Å². The van der Waals surface area contributed by atoms with Gasteiger partial charge in [-0.1, -0.05) is 29.8 Å². The molecule has 0 bridgehead atoms. The summed E-state index contributed by atoms with van der Waals surface area (Å²) in [6, 6.07) is 10.6. The van der Waals surface area contributed by atoms with Crippen LogP contribution < -0.4 is 5.32 Å². The predicted molar refractivity (Wildman–Crippen MR) is 75.1 cm³/mol. The highest BCUT2D eigenvalue weighted by molar-refractivity contribution is 6.31. The van der Waals surface area contributed by atoms with E-state index < -0.39 is 4.92 Å². The lowest BCUT2D eigenvalue weighted by Crippen LogP contribution is -2.13. The summed E-state index contributed by atoms with van der Waals surface area (Å²) in [6.45, 7) is 1.04. The highest BCUT2D eigenvalue weighted by Gasteiger charge is 2.04. The summed E-state index contributed by atoms with van der Waals surface area (Å²) in [6.07, 6.45) is 0. The number of halogens is 2. The van der Waals surface area contributed by atoms with Crippen LogP contribution in [0.4, 0.5) is 10.1 Å². The van der Waals surface area contributed by atoms with Crippen LogP contribution in [0.3, 0.4) is 0 Å². The zero-order valence-electron chi connectivity index (χ0n) is 10.5. The Morgan fingerprint density at radius 3 is 2.45 bits per heavy atom. The second-order valence-electron chi connectivity index (χ2n) is 4.26. The Morgan fingerprint density at radius 1 is 1.15 bits per heavy atom. The van der Waals surface area contributed by atoms with Crippen molar-refractivity contribution in [2.45, 2.75) is 13.1 Å². The van der Waals surface area contributed by atoms with E-state index in [0.29, 0.717) is 18.1 Å². The van der Waals surface area contributed by atoms with Crippen molar-refractivity contribution in [2.24, 2.45) is 0 Å². The predicted octanol–water partition coefficient (Wildman–Crippen LogP) is 3.68. The summed E-state index contributed by atoms with van der Waals surface area (Å²) in [7, 11) is 0. The maximum absolute atomic E-state index is 12.9. The van der Waals surface area contributed by atoms with Gasteiger partial charge in [0.25, 0.3) is 5.69 Å². The quantitative estimate of drug-likeness (QED) is 0.676. The molecule has 0 heterocycles. The first-order chi connectivity index (χ1) is 9.56. The second-order valence-corrected chi connectivity index (χ2v) is 4.67. The van der Waals surface area contributed by atoms with Crippen molar-refractivity contribution < 1.29 is 9.31 Å². The van der Waals surface area contributed by atoms with E-state index in [-0.39, 0.29) is 11.5 Å². The van der Waals surface area contributed by atoms with E-state index in [9.17, 15) is 14.5 Å². The summed E-state index contributed by atoms with van der Waals surface area (Å²) in [4.78, 5) is 10.1. The van der Waals surface area contributed by atoms with Crippen molar-refractivity contribution in [1.29, 1.82) is 0 Å². The van der Waals surface area contributed by atoms with Gasteiger partial charge >= 0.3 is 0 Å². The molecule has 0 fully saturated rings. The smallest absolute Gasteiger partial charge is 0.269 e. The Kier molecular flexibility index (Phi) is 4.65. The van der Waals surface area contributed by atoms with Gasteiger partial charge in [0.1, 0.15) is 5.82 Å². The molecule has 0 saturated carbocycles. The van der Waals surface area contributed by atoms with Crippen molar-refractivity contribution in [3.05, 3.63) is 74.5 Å². The highest BCUT2D eigenvalue weighted by Crippen LogP contribution is 2.17. The van der Waals surface area contributed by atoms with Crippen LogP contribution in [0.5, 0.6) is 0 Å². The molecular weight excluding hydrogens is 283 g/mol. The fraction of sp³-hybridized carbons (Fsp3) is 0.143. The van der Waals surface area contributed by atoms with Crippen LogP contribution in [0, 0.1) is 15.9 Å². The third-order valence-electron chi connectivity index (χ3n) is 2.81. The summed E-state index contributed by atoms with van der Waals surface area (Å²) in [5.41, 5.74) is 1.79. The van der Waals surface area contributed by atoms with Crippen molar-refractivity contribution in [3.8, 4) is 0 Å². The zero-order chi connectivity index (χ0) is 14.5. The minimum atomic E-state index is -0.435. The first-order valence-corrected chi connectivity index (χ1v) is 6.32. The van der Waals surface area contributed by atoms with E-state index in [1.807, 2.05) is 0 Å². The lowest BCUT2D eigenvalue weighted by Gasteiger charge is -2.07. The number of nitro groups is 1. The van der Waals surface area contributed by atoms with Crippen LogP contribution in [0.25, 0.3) is 0 Å². The molecule has 2 aromatic rings. The van der Waals surface area contributed by atoms with E-state index >= 15 is 0 Å². The van der Waals surface area contributed by atoms with Gasteiger partial charge in [-0.25, -0.2) is 4.39 Å². The van der Waals surface area contributed by atoms with E-state index in [1.165, 1.54) is 24.3 Å². The molecule has 1 N–H and O–H groups in total. The minimum Gasteiger partial charge on any atom is -0.309 e. The minimum absolute atomic E-state index is 0.0651. The largest absolute Gasteiger partial charge is 0.309 e. The number of nitrogens with zero attached hydrogens (tertiary/aromatic N) is 1. The van der Waals surface area contributed by atoms with Gasteiger partial charge in [0.15, 0.2) is 0 Å². The number of nitrogens with one attached hydrogen (secondary N) is 1. The molecule has 20 heavy (non-hydrogen) atoms. The third-order valence-corrected chi connectivity index (χ3v) is 3.16. The van der Waals surface area contributed by atoms with E-state index in [0.717, 1.165) is 11.1 Å². The molecule has 0 radical (unpaired) electrons. The molecule has 0 aromatic heterocycles. The number of nitro benzene ring substituents is 1.